The highest BCUT2D eigenvalue weighted by molar-refractivity contribution is 8.02. The Hall–Kier alpha value is -2.29. The van der Waals surface area contributed by atoms with Crippen molar-refractivity contribution in [2.24, 2.45) is 11.8 Å². The molecule has 2 unspecified atom stereocenters. The quantitative estimate of drug-likeness (QED) is 0.229. The number of hydrogen-bond acceptors (Lipinski definition) is 6. The Bertz CT molecular complexity index is 1110. The second-order valence-electron chi connectivity index (χ2n) is 10.6. The van der Waals surface area contributed by atoms with Crippen LogP contribution in [0.15, 0.2) is 43.5 Å². The lowest BCUT2D eigenvalue weighted by Crippen LogP contribution is -2.55. The van der Waals surface area contributed by atoms with Crippen molar-refractivity contribution < 1.29 is 24.2 Å². The summed E-state index contributed by atoms with van der Waals surface area (Å²) in [5.41, 5.74) is 1.46. The summed E-state index contributed by atoms with van der Waals surface area (Å²) in [4.78, 5) is 45.4. The van der Waals surface area contributed by atoms with Crippen LogP contribution in [-0.2, 0) is 19.1 Å². The molecule has 5 atom stereocenters. The van der Waals surface area contributed by atoms with Gasteiger partial charge in [-0.1, -0.05) is 42.5 Å². The third kappa shape index (κ3) is 4.69. The molecule has 1 aromatic carbocycles. The van der Waals surface area contributed by atoms with Gasteiger partial charge in [0.05, 0.1) is 27.3 Å². The van der Waals surface area contributed by atoms with Gasteiger partial charge in [-0.05, 0) is 57.6 Å². The van der Waals surface area contributed by atoms with Crippen LogP contribution in [0.3, 0.4) is 0 Å². The van der Waals surface area contributed by atoms with Crippen LogP contribution in [0.1, 0.15) is 44.6 Å². The van der Waals surface area contributed by atoms with Crippen LogP contribution >= 0.6 is 23.4 Å². The van der Waals surface area contributed by atoms with Crippen LogP contribution in [0.2, 0.25) is 5.02 Å². The van der Waals surface area contributed by atoms with Crippen LogP contribution < -0.4 is 4.90 Å². The number of aryl methyl sites for hydroxylation is 1. The van der Waals surface area contributed by atoms with E-state index in [9.17, 15) is 19.5 Å². The van der Waals surface area contributed by atoms with Crippen molar-refractivity contribution in [1.29, 1.82) is 0 Å². The highest BCUT2D eigenvalue weighted by Gasteiger charge is 2.77. The molecule has 3 heterocycles. The van der Waals surface area contributed by atoms with Crippen LogP contribution in [-0.4, -0.2) is 69.6 Å². The molecule has 9 heteroatoms. The van der Waals surface area contributed by atoms with Gasteiger partial charge in [0.15, 0.2) is 0 Å². The van der Waals surface area contributed by atoms with Gasteiger partial charge in [0.25, 0.3) is 5.91 Å². The number of para-hydroxylation sites is 1. The molecule has 38 heavy (non-hydrogen) atoms. The van der Waals surface area contributed by atoms with Crippen molar-refractivity contribution in [3.63, 3.8) is 0 Å². The summed E-state index contributed by atoms with van der Waals surface area (Å²) < 4.78 is 4.24. The fourth-order valence-corrected chi connectivity index (χ4v) is 9.30. The van der Waals surface area contributed by atoms with Gasteiger partial charge in [-0.25, -0.2) is 0 Å². The van der Waals surface area contributed by atoms with Crippen LogP contribution in [0.25, 0.3) is 0 Å². The van der Waals surface area contributed by atoms with Crippen molar-refractivity contribution in [3.8, 4) is 0 Å². The average Bonchev–Trinajstić information content (AvgIpc) is 3.45. The summed E-state index contributed by atoms with van der Waals surface area (Å²) in [6.45, 7) is 12.2. The highest BCUT2D eigenvalue weighted by atomic mass is 35.5. The maximum atomic E-state index is 14.6. The van der Waals surface area contributed by atoms with Gasteiger partial charge in [-0.15, -0.1) is 18.3 Å². The summed E-state index contributed by atoms with van der Waals surface area (Å²) in [6.07, 6.45) is 6.56. The fraction of sp³-hybridized carbons (Fsp3) is 0.552. The number of halogens is 1. The number of rotatable bonds is 12. The number of carbonyl (C=O) groups is 3. The van der Waals surface area contributed by atoms with Crippen LogP contribution in [0.5, 0.6) is 0 Å². The number of benzene rings is 1. The molecule has 0 aliphatic carbocycles. The molecule has 0 saturated carbocycles. The molecule has 3 aliphatic heterocycles. The fourth-order valence-electron chi connectivity index (χ4n) is 6.64. The summed E-state index contributed by atoms with van der Waals surface area (Å²) in [5.74, 6) is -2.07. The molecule has 1 N–H and O–H groups in total. The standard InChI is InChI=1S/C29H37ClN2O5S/c1-5-15-31(23-19(3)11-10-12-20(23)30)26(35)24-29-14-13-28(4,38-29)22(27(36)37-18-6-2)21(29)25(34)32(24)16-8-7-9-17-33/h5-6,10-12,21-22,24,33H,1-2,7-9,13-18H2,3-4H3/t21-,22+,24?,28-,29?/m0/s1. The van der Waals surface area contributed by atoms with Gasteiger partial charge < -0.3 is 19.6 Å². The first-order valence-corrected chi connectivity index (χ1v) is 14.4. The topological polar surface area (TPSA) is 87.1 Å². The number of amides is 2. The molecule has 4 rings (SSSR count). The number of aliphatic hydroxyl groups excluding tert-OH is 1. The van der Waals surface area contributed by atoms with Crippen molar-refractivity contribution >= 4 is 46.8 Å². The number of nitrogens with zero attached hydrogens (tertiary/aromatic N) is 2. The monoisotopic (exact) mass is 560 g/mol. The number of anilines is 1. The highest BCUT2D eigenvalue weighted by Crippen LogP contribution is 2.71. The number of aliphatic hydroxyl groups is 1. The van der Waals surface area contributed by atoms with Crippen molar-refractivity contribution in [2.75, 3.05) is 31.2 Å². The van der Waals surface area contributed by atoms with Crippen molar-refractivity contribution in [3.05, 3.63) is 54.1 Å². The summed E-state index contributed by atoms with van der Waals surface area (Å²) in [6, 6.07) is 4.74. The lowest BCUT2D eigenvalue weighted by Gasteiger charge is -2.37. The first kappa shape index (κ1) is 28.7. The average molecular weight is 561 g/mol. The van der Waals surface area contributed by atoms with Gasteiger partial charge >= 0.3 is 5.97 Å². The maximum absolute atomic E-state index is 14.6. The van der Waals surface area contributed by atoms with E-state index in [1.165, 1.54) is 6.08 Å². The number of fused-ring (bicyclic) bond motifs is 1. The van der Waals surface area contributed by atoms with Crippen LogP contribution in [0, 0.1) is 18.8 Å². The van der Waals surface area contributed by atoms with E-state index in [0.717, 1.165) is 12.0 Å². The minimum Gasteiger partial charge on any atom is -0.461 e. The van der Waals surface area contributed by atoms with Gasteiger partial charge in [-0.3, -0.25) is 14.4 Å². The number of carbonyl (C=O) groups excluding carboxylic acids is 3. The number of ether oxygens (including phenoxy) is 1. The molecule has 7 nitrogen and oxygen atoms in total. The van der Waals surface area contributed by atoms with Crippen molar-refractivity contribution in [1.82, 2.24) is 4.90 Å². The first-order chi connectivity index (χ1) is 18.2. The Morgan fingerprint density at radius 2 is 2.03 bits per heavy atom. The van der Waals surface area contributed by atoms with Gasteiger partial charge in [-0.2, -0.15) is 0 Å². The molecule has 0 radical (unpaired) electrons. The number of hydrogen-bond donors (Lipinski definition) is 1. The van der Waals surface area contributed by atoms with E-state index in [4.69, 9.17) is 16.3 Å². The van der Waals surface area contributed by atoms with Gasteiger partial charge in [0.2, 0.25) is 5.91 Å². The zero-order valence-electron chi connectivity index (χ0n) is 22.2. The molecule has 0 aromatic heterocycles. The second-order valence-corrected chi connectivity index (χ2v) is 12.9. The van der Waals surface area contributed by atoms with E-state index in [2.05, 4.69) is 13.2 Å². The lowest BCUT2D eigenvalue weighted by molar-refractivity contribution is -0.154. The van der Waals surface area contributed by atoms with E-state index in [1.807, 2.05) is 26.0 Å². The SMILES string of the molecule is C=CCOC(=O)[C@H]1[C@H]2C(=O)N(CCCCCO)C(C(=O)N(CC=C)c3c(C)cccc3Cl)C23CC[C@]1(C)S3. The zero-order valence-corrected chi connectivity index (χ0v) is 23.7. The van der Waals surface area contributed by atoms with Crippen LogP contribution in [0.4, 0.5) is 5.69 Å². The van der Waals surface area contributed by atoms with E-state index < -0.39 is 33.3 Å². The Labute approximate surface area is 234 Å². The maximum Gasteiger partial charge on any atom is 0.311 e. The second kappa shape index (κ2) is 11.4. The minimum absolute atomic E-state index is 0.0766. The molecule has 3 aliphatic rings. The minimum atomic E-state index is -0.756. The summed E-state index contributed by atoms with van der Waals surface area (Å²) >= 11 is 8.22. The molecule has 1 aromatic rings. The third-order valence-corrected chi connectivity index (χ3v) is 10.5. The van der Waals surface area contributed by atoms with E-state index >= 15 is 0 Å². The zero-order chi connectivity index (χ0) is 27.7. The first-order valence-electron chi connectivity index (χ1n) is 13.2. The largest absolute Gasteiger partial charge is 0.461 e. The smallest absolute Gasteiger partial charge is 0.311 e. The normalized spacial score (nSPS) is 29.3. The number of unbranched alkanes of at least 4 members (excludes halogenated alkanes) is 2. The molecular formula is C29H37ClN2O5S. The Morgan fingerprint density at radius 3 is 2.68 bits per heavy atom. The Balaban J connectivity index is 1.78. The Morgan fingerprint density at radius 1 is 1.26 bits per heavy atom. The third-order valence-electron chi connectivity index (χ3n) is 8.20. The predicted molar refractivity (Wildman–Crippen MR) is 151 cm³/mol. The van der Waals surface area contributed by atoms with Gasteiger partial charge in [0, 0.05) is 24.4 Å². The lowest BCUT2D eigenvalue weighted by atomic mass is 9.66. The molecule has 206 valence electrons. The molecule has 2 amide bonds. The molecule has 2 bridgehead atoms. The van der Waals surface area contributed by atoms with Gasteiger partial charge in [0.1, 0.15) is 12.6 Å². The number of thioether (sulfide) groups is 1. The summed E-state index contributed by atoms with van der Waals surface area (Å²) in [7, 11) is 0. The molecule has 3 fully saturated rings. The number of esters is 1. The molecule has 3 saturated heterocycles. The summed E-state index contributed by atoms with van der Waals surface area (Å²) in [5, 5.41) is 9.70. The Kier molecular flexibility index (Phi) is 8.65. The van der Waals surface area contributed by atoms with E-state index in [1.54, 1.807) is 33.7 Å². The molecule has 1 spiro atoms. The molecular weight excluding hydrogens is 524 g/mol. The van der Waals surface area contributed by atoms with E-state index in [-0.39, 0.29) is 31.6 Å². The van der Waals surface area contributed by atoms with E-state index in [0.29, 0.717) is 42.9 Å². The van der Waals surface area contributed by atoms with Crippen molar-refractivity contribution in [2.45, 2.75) is 61.5 Å². The number of likely N-dealkylation sites (tertiary alicyclic amines) is 1. The predicted octanol–water partition coefficient (Wildman–Crippen LogP) is 4.54.